The molecule has 2 rings (SSSR count). The fraction of sp³-hybridized carbons (Fsp3) is 0.200. The maximum atomic E-state index is 13.0. The zero-order valence-corrected chi connectivity index (χ0v) is 13.1. The van der Waals surface area contributed by atoms with E-state index < -0.39 is 12.0 Å². The predicted molar refractivity (Wildman–Crippen MR) is 76.1 cm³/mol. The lowest BCUT2D eigenvalue weighted by Gasteiger charge is -2.10. The number of benzene rings is 1. The van der Waals surface area contributed by atoms with Gasteiger partial charge in [-0.05, 0) is 53.0 Å². The molecule has 0 amide bonds. The Balaban J connectivity index is 2.78. The minimum atomic E-state index is -4.61. The Labute approximate surface area is 130 Å². The smallest absolute Gasteiger partial charge is 0.263 e. The molecule has 19 heavy (non-hydrogen) atoms. The van der Waals surface area contributed by atoms with Crippen LogP contribution in [0.3, 0.4) is 0 Å². The number of alkyl halides is 3. The average molecular weight is 420 g/mol. The molecule has 0 N–H and O–H groups in total. The Morgan fingerprint density at radius 3 is 2.53 bits per heavy atom. The number of hydrogen-bond donors (Lipinski definition) is 0. The van der Waals surface area contributed by atoms with Crippen molar-refractivity contribution in [3.8, 4) is 5.69 Å². The Morgan fingerprint density at radius 2 is 2.00 bits per heavy atom. The van der Waals surface area contributed by atoms with E-state index >= 15 is 0 Å². The number of rotatable bonds is 1. The summed E-state index contributed by atoms with van der Waals surface area (Å²) in [5.41, 5.74) is 0.160. The van der Waals surface area contributed by atoms with E-state index in [1.165, 1.54) is 13.1 Å². The molecular weight excluding hydrogens is 414 g/mol. The predicted octanol–water partition coefficient (Wildman–Crippen LogP) is 4.22. The lowest BCUT2D eigenvalue weighted by atomic mass is 10.3. The minimum Gasteiger partial charge on any atom is -0.263 e. The summed E-state index contributed by atoms with van der Waals surface area (Å²) in [6.07, 6.45) is -4.61. The SMILES string of the molecule is Cn1nc(C(F)(F)F)n(-c2ccc(I)cc2Cl)c1=S. The van der Waals surface area contributed by atoms with E-state index in [9.17, 15) is 13.2 Å². The first kappa shape index (κ1) is 14.8. The number of halogens is 5. The fourth-order valence-corrected chi connectivity index (χ4v) is 2.69. The number of hydrogen-bond acceptors (Lipinski definition) is 2. The van der Waals surface area contributed by atoms with E-state index in [1.807, 2.05) is 22.6 Å². The Hall–Kier alpha value is -0.610. The third-order valence-electron chi connectivity index (χ3n) is 2.33. The van der Waals surface area contributed by atoms with Gasteiger partial charge in [-0.25, -0.2) is 4.68 Å². The quantitative estimate of drug-likeness (QED) is 0.510. The van der Waals surface area contributed by atoms with E-state index in [-0.39, 0.29) is 15.5 Å². The second kappa shape index (κ2) is 5.06. The lowest BCUT2D eigenvalue weighted by Crippen LogP contribution is -2.14. The molecule has 0 radical (unpaired) electrons. The van der Waals surface area contributed by atoms with Gasteiger partial charge < -0.3 is 0 Å². The molecule has 3 nitrogen and oxygen atoms in total. The second-order valence-corrected chi connectivity index (χ2v) is 5.68. The third-order valence-corrected chi connectivity index (χ3v) is 3.75. The van der Waals surface area contributed by atoms with Gasteiger partial charge >= 0.3 is 6.18 Å². The summed E-state index contributed by atoms with van der Waals surface area (Å²) in [5.74, 6) is -1.09. The van der Waals surface area contributed by atoms with Crippen LogP contribution in [0.1, 0.15) is 5.82 Å². The number of aryl methyl sites for hydroxylation is 1. The summed E-state index contributed by atoms with van der Waals surface area (Å²) >= 11 is 13.0. The summed E-state index contributed by atoms with van der Waals surface area (Å²) in [5, 5.41) is 3.59. The molecule has 0 aliphatic carbocycles. The van der Waals surface area contributed by atoms with E-state index in [0.29, 0.717) is 0 Å². The van der Waals surface area contributed by atoms with E-state index in [4.69, 9.17) is 23.8 Å². The van der Waals surface area contributed by atoms with Crippen LogP contribution < -0.4 is 0 Å². The summed E-state index contributed by atoms with van der Waals surface area (Å²) < 4.78 is 41.4. The monoisotopic (exact) mass is 419 g/mol. The van der Waals surface area contributed by atoms with Crippen LogP contribution in [0.4, 0.5) is 13.2 Å². The molecular formula is C10H6ClF3IN3S. The van der Waals surface area contributed by atoms with Crippen LogP contribution in [-0.2, 0) is 13.2 Å². The molecule has 102 valence electrons. The molecule has 0 aliphatic rings. The van der Waals surface area contributed by atoms with Crippen molar-refractivity contribution in [2.75, 3.05) is 0 Å². The first-order chi connectivity index (χ1) is 8.71. The van der Waals surface area contributed by atoms with E-state index in [1.54, 1.807) is 12.1 Å². The highest BCUT2D eigenvalue weighted by Gasteiger charge is 2.38. The maximum Gasteiger partial charge on any atom is 0.452 e. The van der Waals surface area contributed by atoms with Gasteiger partial charge in [-0.3, -0.25) is 4.57 Å². The minimum absolute atomic E-state index is 0.0737. The molecule has 0 bridgehead atoms. The van der Waals surface area contributed by atoms with Gasteiger partial charge in [0.2, 0.25) is 10.6 Å². The highest BCUT2D eigenvalue weighted by Crippen LogP contribution is 2.32. The standard InChI is InChI=1S/C10H6ClF3IN3S/c1-17-9(19)18(8(16-17)10(12,13)14)7-3-2-5(15)4-6(7)11/h2-4H,1H3. The second-order valence-electron chi connectivity index (χ2n) is 3.66. The fourth-order valence-electron chi connectivity index (χ4n) is 1.53. The van der Waals surface area contributed by atoms with Crippen LogP contribution in [0.5, 0.6) is 0 Å². The zero-order valence-electron chi connectivity index (χ0n) is 9.37. The van der Waals surface area contributed by atoms with Gasteiger partial charge in [-0.1, -0.05) is 11.6 Å². The van der Waals surface area contributed by atoms with Gasteiger partial charge in [0.1, 0.15) is 0 Å². The van der Waals surface area contributed by atoms with Gasteiger partial charge in [0.15, 0.2) is 0 Å². The molecule has 1 heterocycles. The van der Waals surface area contributed by atoms with Crippen molar-refractivity contribution in [1.29, 1.82) is 0 Å². The van der Waals surface area contributed by atoms with Crippen molar-refractivity contribution in [2.45, 2.75) is 6.18 Å². The van der Waals surface area contributed by atoms with Crippen molar-refractivity contribution in [2.24, 2.45) is 7.05 Å². The molecule has 0 spiro atoms. The molecule has 0 saturated heterocycles. The lowest BCUT2D eigenvalue weighted by molar-refractivity contribution is -0.146. The van der Waals surface area contributed by atoms with Crippen LogP contribution in [0.25, 0.3) is 5.69 Å². The van der Waals surface area contributed by atoms with Gasteiger partial charge in [0.05, 0.1) is 10.7 Å². The Kier molecular flexibility index (Phi) is 3.94. The Bertz CT molecular complexity index is 692. The summed E-state index contributed by atoms with van der Waals surface area (Å²) in [6, 6.07) is 4.69. The molecule has 0 fully saturated rings. The zero-order chi connectivity index (χ0) is 14.4. The van der Waals surface area contributed by atoms with Crippen LogP contribution >= 0.6 is 46.4 Å². The van der Waals surface area contributed by atoms with Crippen LogP contribution in [-0.4, -0.2) is 14.3 Å². The van der Waals surface area contributed by atoms with Gasteiger partial charge in [0, 0.05) is 10.6 Å². The summed E-state index contributed by atoms with van der Waals surface area (Å²) in [7, 11) is 1.36. The van der Waals surface area contributed by atoms with Crippen molar-refractivity contribution in [3.05, 3.63) is 37.4 Å². The number of nitrogens with zero attached hydrogens (tertiary/aromatic N) is 3. The molecule has 1 aromatic heterocycles. The highest BCUT2D eigenvalue weighted by molar-refractivity contribution is 14.1. The van der Waals surface area contributed by atoms with Gasteiger partial charge in [-0.15, -0.1) is 5.10 Å². The molecule has 9 heteroatoms. The van der Waals surface area contributed by atoms with Crippen LogP contribution in [0.2, 0.25) is 5.02 Å². The average Bonchev–Trinajstić information content (AvgIpc) is 2.56. The van der Waals surface area contributed by atoms with Crippen molar-refractivity contribution in [3.63, 3.8) is 0 Å². The van der Waals surface area contributed by atoms with Crippen LogP contribution in [0, 0.1) is 8.34 Å². The summed E-state index contributed by atoms with van der Waals surface area (Å²) in [6.45, 7) is 0. The normalized spacial score (nSPS) is 11.9. The van der Waals surface area contributed by atoms with E-state index in [2.05, 4.69) is 5.10 Å². The third kappa shape index (κ3) is 2.79. The van der Waals surface area contributed by atoms with E-state index in [0.717, 1.165) is 12.8 Å². The van der Waals surface area contributed by atoms with Crippen molar-refractivity contribution < 1.29 is 13.2 Å². The molecule has 0 saturated carbocycles. The Morgan fingerprint density at radius 1 is 1.37 bits per heavy atom. The maximum absolute atomic E-state index is 13.0. The topological polar surface area (TPSA) is 22.8 Å². The molecule has 2 aromatic rings. The first-order valence-electron chi connectivity index (χ1n) is 4.90. The van der Waals surface area contributed by atoms with Crippen molar-refractivity contribution in [1.82, 2.24) is 14.3 Å². The first-order valence-corrected chi connectivity index (χ1v) is 6.77. The van der Waals surface area contributed by atoms with Crippen LogP contribution in [0.15, 0.2) is 18.2 Å². The summed E-state index contributed by atoms with van der Waals surface area (Å²) in [4.78, 5) is 0. The highest BCUT2D eigenvalue weighted by atomic mass is 127. The van der Waals surface area contributed by atoms with Gasteiger partial charge in [-0.2, -0.15) is 13.2 Å². The largest absolute Gasteiger partial charge is 0.452 e. The molecule has 0 atom stereocenters. The molecule has 1 aromatic carbocycles. The van der Waals surface area contributed by atoms with Gasteiger partial charge in [0.25, 0.3) is 0 Å². The van der Waals surface area contributed by atoms with Crippen molar-refractivity contribution >= 4 is 46.4 Å². The molecule has 0 unspecified atom stereocenters. The molecule has 0 aliphatic heterocycles. The number of aromatic nitrogens is 3.